The van der Waals surface area contributed by atoms with E-state index in [0.717, 1.165) is 64.2 Å². The van der Waals surface area contributed by atoms with Crippen molar-refractivity contribution in [2.24, 2.45) is 0 Å². The molecular formula is C51H94NO8+. The maximum Gasteiger partial charge on any atom is 0.361 e. The third-order valence-electron chi connectivity index (χ3n) is 10.7. The van der Waals surface area contributed by atoms with E-state index in [2.05, 4.69) is 50.3 Å². The summed E-state index contributed by atoms with van der Waals surface area (Å²) >= 11 is 0. The first-order valence-electron chi connectivity index (χ1n) is 24.7. The number of carbonyl (C=O) groups is 3. The van der Waals surface area contributed by atoms with Gasteiger partial charge in [-0.25, -0.2) is 4.79 Å². The quantitative estimate of drug-likeness (QED) is 0.0212. The topological polar surface area (TPSA) is 108 Å². The summed E-state index contributed by atoms with van der Waals surface area (Å²) in [6.07, 6.45) is 46.3. The maximum absolute atomic E-state index is 12.8. The molecule has 0 saturated heterocycles. The lowest BCUT2D eigenvalue weighted by Gasteiger charge is -2.25. The van der Waals surface area contributed by atoms with Crippen molar-refractivity contribution in [2.45, 2.75) is 225 Å². The molecule has 2 atom stereocenters. The van der Waals surface area contributed by atoms with Crippen molar-refractivity contribution in [1.29, 1.82) is 0 Å². The Labute approximate surface area is 369 Å². The van der Waals surface area contributed by atoms with Crippen LogP contribution in [-0.2, 0) is 33.3 Å². The molecule has 0 radical (unpaired) electrons. The van der Waals surface area contributed by atoms with Gasteiger partial charge in [-0.05, 0) is 44.9 Å². The molecule has 0 aromatic carbocycles. The number of likely N-dealkylation sites (N-methyl/N-ethyl adjacent to an activating group) is 1. The number of ether oxygens (including phenoxy) is 4. The van der Waals surface area contributed by atoms with E-state index in [1.54, 1.807) is 0 Å². The van der Waals surface area contributed by atoms with Gasteiger partial charge in [-0.1, -0.05) is 192 Å². The summed E-state index contributed by atoms with van der Waals surface area (Å²) in [5.41, 5.74) is 0. The lowest BCUT2D eigenvalue weighted by molar-refractivity contribution is -0.870. The van der Waals surface area contributed by atoms with Crippen LogP contribution >= 0.6 is 0 Å². The number of quaternary nitrogens is 1. The first-order valence-corrected chi connectivity index (χ1v) is 24.7. The highest BCUT2D eigenvalue weighted by molar-refractivity contribution is 5.71. The third-order valence-corrected chi connectivity index (χ3v) is 10.7. The third kappa shape index (κ3) is 43.6. The summed E-state index contributed by atoms with van der Waals surface area (Å²) in [5, 5.41) is 9.66. The van der Waals surface area contributed by atoms with Crippen molar-refractivity contribution in [3.05, 3.63) is 36.5 Å². The molecule has 0 amide bonds. The molecule has 0 aromatic rings. The molecular weight excluding hydrogens is 755 g/mol. The van der Waals surface area contributed by atoms with Gasteiger partial charge in [0.2, 0.25) is 0 Å². The highest BCUT2D eigenvalue weighted by Crippen LogP contribution is 2.16. The minimum Gasteiger partial charge on any atom is -0.477 e. The molecule has 0 bridgehead atoms. The van der Waals surface area contributed by atoms with Gasteiger partial charge in [-0.2, -0.15) is 0 Å². The number of carbonyl (C=O) groups excluding carboxylic acids is 2. The lowest BCUT2D eigenvalue weighted by Crippen LogP contribution is -2.40. The molecule has 0 aliphatic heterocycles. The zero-order valence-electron chi connectivity index (χ0n) is 39.6. The molecule has 0 spiro atoms. The van der Waals surface area contributed by atoms with Gasteiger partial charge in [-0.3, -0.25) is 9.59 Å². The van der Waals surface area contributed by atoms with Crippen LogP contribution in [0.15, 0.2) is 36.5 Å². The number of esters is 2. The molecule has 2 unspecified atom stereocenters. The van der Waals surface area contributed by atoms with E-state index in [1.807, 2.05) is 21.1 Å². The molecule has 0 aliphatic rings. The van der Waals surface area contributed by atoms with Crippen LogP contribution in [0.5, 0.6) is 0 Å². The van der Waals surface area contributed by atoms with Gasteiger partial charge in [0.15, 0.2) is 6.10 Å². The van der Waals surface area contributed by atoms with Crippen molar-refractivity contribution < 1.29 is 42.9 Å². The van der Waals surface area contributed by atoms with Crippen LogP contribution in [-0.4, -0.2) is 87.4 Å². The normalized spacial score (nSPS) is 13.2. The Kier molecular flexibility index (Phi) is 41.4. The fourth-order valence-corrected chi connectivity index (χ4v) is 6.85. The monoisotopic (exact) mass is 849 g/mol. The van der Waals surface area contributed by atoms with E-state index in [9.17, 15) is 19.5 Å². The number of unbranched alkanes of at least 4 members (excludes halogenated alkanes) is 24. The predicted molar refractivity (Wildman–Crippen MR) is 249 cm³/mol. The standard InChI is InChI=1S/C51H93NO8/c1-6-8-10-12-14-16-18-20-22-24-26-27-29-31-33-35-37-39-41-48(53)58-45-47(46-59-51(50(55)56)57-44-43-52(3,4)5)60-49(54)42-40-38-36-34-32-30-28-25-23-21-19-17-15-13-11-9-7-2/h9,11,15,17,21,23,47,51H,6-8,10,12-14,16,18-20,22,24-46H2,1-5H3/p+1/b11-9-,17-15-,23-21-. The second kappa shape index (κ2) is 43.2. The zero-order chi connectivity index (χ0) is 44.2. The van der Waals surface area contributed by atoms with Crippen molar-refractivity contribution in [1.82, 2.24) is 0 Å². The summed E-state index contributed by atoms with van der Waals surface area (Å²) in [6, 6.07) is 0. The number of carboxylic acids is 1. The van der Waals surface area contributed by atoms with Gasteiger partial charge in [-0.15, -0.1) is 0 Å². The first kappa shape index (κ1) is 57.5. The van der Waals surface area contributed by atoms with Crippen LogP contribution in [0.25, 0.3) is 0 Å². The number of hydrogen-bond acceptors (Lipinski definition) is 7. The van der Waals surface area contributed by atoms with Crippen LogP contribution in [0.2, 0.25) is 0 Å². The number of rotatable bonds is 45. The Morgan fingerprint density at radius 3 is 1.42 bits per heavy atom. The molecule has 60 heavy (non-hydrogen) atoms. The van der Waals surface area contributed by atoms with E-state index < -0.39 is 24.3 Å². The van der Waals surface area contributed by atoms with E-state index in [1.165, 1.54) is 116 Å². The van der Waals surface area contributed by atoms with E-state index in [-0.39, 0.29) is 32.2 Å². The highest BCUT2D eigenvalue weighted by atomic mass is 16.7. The fourth-order valence-electron chi connectivity index (χ4n) is 6.85. The summed E-state index contributed by atoms with van der Waals surface area (Å²) in [7, 11) is 5.96. The Hall–Kier alpha value is -2.49. The van der Waals surface area contributed by atoms with E-state index in [4.69, 9.17) is 18.9 Å². The molecule has 0 fully saturated rings. The van der Waals surface area contributed by atoms with Crippen LogP contribution in [0.3, 0.4) is 0 Å². The van der Waals surface area contributed by atoms with Gasteiger partial charge in [0, 0.05) is 12.8 Å². The Balaban J connectivity index is 4.36. The molecule has 0 aromatic heterocycles. The minimum absolute atomic E-state index is 0.183. The van der Waals surface area contributed by atoms with Crippen LogP contribution < -0.4 is 0 Å². The second-order valence-electron chi connectivity index (χ2n) is 17.8. The molecule has 0 saturated carbocycles. The number of aliphatic carboxylic acids is 1. The van der Waals surface area contributed by atoms with Crippen molar-refractivity contribution in [2.75, 3.05) is 47.5 Å². The summed E-state index contributed by atoms with van der Waals surface area (Å²) in [6.45, 7) is 4.77. The predicted octanol–water partition coefficient (Wildman–Crippen LogP) is 13.4. The van der Waals surface area contributed by atoms with Crippen molar-refractivity contribution >= 4 is 17.9 Å². The number of allylic oxidation sites excluding steroid dienone is 6. The molecule has 350 valence electrons. The second-order valence-corrected chi connectivity index (χ2v) is 17.8. The lowest BCUT2D eigenvalue weighted by atomic mass is 10.0. The first-order chi connectivity index (χ1) is 29.1. The SMILES string of the molecule is CC/C=C\C/C=C\C/C=C\CCCCCCCCCC(=O)OC(COC(=O)CCCCCCCCCCCCCCCCCCCC)COC(OCC[N+](C)(C)C)C(=O)O. The Morgan fingerprint density at radius 2 is 0.950 bits per heavy atom. The molecule has 9 nitrogen and oxygen atoms in total. The highest BCUT2D eigenvalue weighted by Gasteiger charge is 2.25. The molecule has 0 rings (SSSR count). The van der Waals surface area contributed by atoms with Gasteiger partial charge in [0.25, 0.3) is 6.29 Å². The average molecular weight is 849 g/mol. The van der Waals surface area contributed by atoms with Crippen LogP contribution in [0, 0.1) is 0 Å². The zero-order valence-corrected chi connectivity index (χ0v) is 39.6. The van der Waals surface area contributed by atoms with E-state index >= 15 is 0 Å². The minimum atomic E-state index is -1.51. The van der Waals surface area contributed by atoms with Gasteiger partial charge < -0.3 is 28.5 Å². The largest absolute Gasteiger partial charge is 0.477 e. The van der Waals surface area contributed by atoms with Crippen molar-refractivity contribution in [3.8, 4) is 0 Å². The molecule has 0 aliphatic carbocycles. The molecule has 1 N–H and O–H groups in total. The maximum atomic E-state index is 12.8. The fraction of sp³-hybridized carbons (Fsp3) is 0.824. The summed E-state index contributed by atoms with van der Waals surface area (Å²) in [5.74, 6) is -2.01. The number of carboxylic acid groups (broad SMARTS) is 1. The molecule has 0 heterocycles. The van der Waals surface area contributed by atoms with E-state index in [0.29, 0.717) is 23.9 Å². The Bertz CT molecular complexity index is 1080. The van der Waals surface area contributed by atoms with Crippen molar-refractivity contribution in [3.63, 3.8) is 0 Å². The number of hydrogen-bond donors (Lipinski definition) is 1. The Morgan fingerprint density at radius 1 is 0.517 bits per heavy atom. The number of nitrogens with zero attached hydrogens (tertiary/aromatic N) is 1. The van der Waals surface area contributed by atoms with Crippen LogP contribution in [0.4, 0.5) is 0 Å². The smallest absolute Gasteiger partial charge is 0.361 e. The summed E-state index contributed by atoms with van der Waals surface area (Å²) in [4.78, 5) is 37.2. The summed E-state index contributed by atoms with van der Waals surface area (Å²) < 4.78 is 22.8. The van der Waals surface area contributed by atoms with Crippen LogP contribution in [0.1, 0.15) is 213 Å². The van der Waals surface area contributed by atoms with Gasteiger partial charge in [0.05, 0.1) is 34.4 Å². The molecule has 9 heteroatoms. The van der Waals surface area contributed by atoms with Gasteiger partial charge >= 0.3 is 17.9 Å². The van der Waals surface area contributed by atoms with Gasteiger partial charge in [0.1, 0.15) is 13.2 Å². The average Bonchev–Trinajstić information content (AvgIpc) is 3.21.